The van der Waals surface area contributed by atoms with Gasteiger partial charge < -0.3 is 5.32 Å². The summed E-state index contributed by atoms with van der Waals surface area (Å²) in [4.78, 5) is 22.5. The topological polar surface area (TPSA) is 66.8 Å². The van der Waals surface area contributed by atoms with E-state index in [1.807, 2.05) is 25.4 Å². The number of aromatic nitrogens is 4. The Hall–Kier alpha value is -3.45. The minimum absolute atomic E-state index is 0.0833. The summed E-state index contributed by atoms with van der Waals surface area (Å²) in [6.07, 6.45) is 11.7. The van der Waals surface area contributed by atoms with E-state index in [1.54, 1.807) is 0 Å². The quantitative estimate of drug-likeness (QED) is 0.173. The van der Waals surface area contributed by atoms with Gasteiger partial charge in [-0.15, -0.1) is 0 Å². The Morgan fingerprint density at radius 3 is 2.21 bits per heavy atom. The molecular formula is C40H49ClN6. The van der Waals surface area contributed by atoms with E-state index in [2.05, 4.69) is 74.8 Å². The largest absolute Gasteiger partial charge is 0.305 e. The van der Waals surface area contributed by atoms with E-state index >= 15 is 0 Å². The number of aryl methyl sites for hydroxylation is 2. The van der Waals surface area contributed by atoms with Gasteiger partial charge in [0, 0.05) is 35.3 Å². The Kier molecular flexibility index (Phi) is 10.2. The molecule has 1 saturated heterocycles. The van der Waals surface area contributed by atoms with Crippen LogP contribution < -0.4 is 5.32 Å². The summed E-state index contributed by atoms with van der Waals surface area (Å²) in [6.45, 7) is 19.0. The van der Waals surface area contributed by atoms with Crippen LogP contribution in [0.15, 0.2) is 60.9 Å². The first-order valence-corrected chi connectivity index (χ1v) is 17.8. The van der Waals surface area contributed by atoms with Crippen molar-refractivity contribution in [2.75, 3.05) is 13.1 Å². The molecule has 1 aliphatic carbocycles. The molecule has 6 nitrogen and oxygen atoms in total. The number of nitrogens with zero attached hydrogens (tertiary/aromatic N) is 5. The van der Waals surface area contributed by atoms with Crippen LogP contribution in [0.3, 0.4) is 0 Å². The van der Waals surface area contributed by atoms with Crippen molar-refractivity contribution in [1.82, 2.24) is 30.2 Å². The van der Waals surface area contributed by atoms with Crippen molar-refractivity contribution < 1.29 is 0 Å². The summed E-state index contributed by atoms with van der Waals surface area (Å²) in [6, 6.07) is 12.5. The highest BCUT2D eigenvalue weighted by Gasteiger charge is 2.30. The van der Waals surface area contributed by atoms with Gasteiger partial charge in [-0.1, -0.05) is 80.4 Å². The third-order valence-corrected chi connectivity index (χ3v) is 10.9. The van der Waals surface area contributed by atoms with Gasteiger partial charge in [0.25, 0.3) is 0 Å². The van der Waals surface area contributed by atoms with Crippen LogP contribution in [0, 0.1) is 19.8 Å². The van der Waals surface area contributed by atoms with Gasteiger partial charge in [0.1, 0.15) is 0 Å². The van der Waals surface area contributed by atoms with Crippen molar-refractivity contribution in [3.8, 4) is 33.6 Å². The van der Waals surface area contributed by atoms with Crippen LogP contribution >= 0.6 is 11.6 Å². The molecule has 3 heterocycles. The van der Waals surface area contributed by atoms with Gasteiger partial charge in [-0.2, -0.15) is 0 Å². The monoisotopic (exact) mass is 648 g/mol. The lowest BCUT2D eigenvalue weighted by Gasteiger charge is -2.31. The lowest BCUT2D eigenvalue weighted by Crippen LogP contribution is -2.39. The molecule has 2 aromatic heterocycles. The fourth-order valence-electron chi connectivity index (χ4n) is 7.34. The molecule has 2 aliphatic rings. The number of benzene rings is 2. The molecule has 0 amide bonds. The zero-order valence-electron chi connectivity index (χ0n) is 28.8. The maximum Gasteiger partial charge on any atom is 0.0903 e. The highest BCUT2D eigenvalue weighted by molar-refractivity contribution is 6.36. The van der Waals surface area contributed by atoms with Crippen LogP contribution in [0.25, 0.3) is 33.6 Å². The summed E-state index contributed by atoms with van der Waals surface area (Å²) < 4.78 is 0. The SMILES string of the molecule is C=C1CCC(C)(NCc2ncc(-c3cccc(-c4cccc(-c5cnc(CN6CCC(CC)CC6)c(CC)n5)c4Cl)c3C)nc2C)C1. The summed E-state index contributed by atoms with van der Waals surface area (Å²) in [5, 5.41) is 4.40. The fraction of sp³-hybridized carbons (Fsp3) is 0.450. The van der Waals surface area contributed by atoms with Crippen molar-refractivity contribution >= 4 is 11.6 Å². The first-order valence-electron chi connectivity index (χ1n) is 17.4. The fourth-order valence-corrected chi connectivity index (χ4v) is 7.67. The molecule has 47 heavy (non-hydrogen) atoms. The Morgan fingerprint density at radius 2 is 1.55 bits per heavy atom. The summed E-state index contributed by atoms with van der Waals surface area (Å²) in [5.74, 6) is 0.862. The van der Waals surface area contributed by atoms with Gasteiger partial charge in [0.15, 0.2) is 0 Å². The van der Waals surface area contributed by atoms with Crippen molar-refractivity contribution in [3.05, 3.63) is 94.3 Å². The van der Waals surface area contributed by atoms with Crippen LogP contribution in [0.5, 0.6) is 0 Å². The highest BCUT2D eigenvalue weighted by atomic mass is 35.5. The molecule has 1 N–H and O–H groups in total. The molecule has 246 valence electrons. The van der Waals surface area contributed by atoms with E-state index in [9.17, 15) is 0 Å². The predicted molar refractivity (Wildman–Crippen MR) is 194 cm³/mol. The Labute approximate surface area is 286 Å². The van der Waals surface area contributed by atoms with Gasteiger partial charge in [-0.25, -0.2) is 9.97 Å². The smallest absolute Gasteiger partial charge is 0.0903 e. The van der Waals surface area contributed by atoms with E-state index in [-0.39, 0.29) is 5.54 Å². The second-order valence-electron chi connectivity index (χ2n) is 13.9. The van der Waals surface area contributed by atoms with Crippen LogP contribution in [0.4, 0.5) is 0 Å². The van der Waals surface area contributed by atoms with Gasteiger partial charge in [0.05, 0.1) is 51.6 Å². The van der Waals surface area contributed by atoms with Crippen molar-refractivity contribution in [3.63, 3.8) is 0 Å². The molecule has 1 aliphatic heterocycles. The van der Waals surface area contributed by atoms with E-state index in [0.29, 0.717) is 11.6 Å². The molecule has 1 atom stereocenters. The number of nitrogens with one attached hydrogen (secondary N) is 1. The predicted octanol–water partition coefficient (Wildman–Crippen LogP) is 9.31. The van der Waals surface area contributed by atoms with Gasteiger partial charge in [0.2, 0.25) is 0 Å². The minimum Gasteiger partial charge on any atom is -0.305 e. The number of likely N-dealkylation sites (tertiary alicyclic amines) is 1. The van der Waals surface area contributed by atoms with E-state index in [0.717, 1.165) is 113 Å². The van der Waals surface area contributed by atoms with E-state index in [4.69, 9.17) is 31.5 Å². The zero-order valence-corrected chi connectivity index (χ0v) is 29.6. The highest BCUT2D eigenvalue weighted by Crippen LogP contribution is 2.39. The standard InChI is InChI=1S/C40H49ClN6/c1-7-29-16-19-47(20-17-29)25-38-34(8-2)46-37(23-43-38)33-14-10-13-32(39(33)41)30-11-9-12-31(27(30)4)36-22-42-35(28(5)45-36)24-44-40(6)18-15-26(3)21-40/h9-14,22-23,29,44H,3,7-8,15-21,24-25H2,1-2,4-6H3. The number of hydrogen-bond acceptors (Lipinski definition) is 6. The van der Waals surface area contributed by atoms with E-state index < -0.39 is 0 Å². The molecule has 1 unspecified atom stereocenters. The third-order valence-electron chi connectivity index (χ3n) is 10.5. The number of piperidine rings is 1. The zero-order chi connectivity index (χ0) is 33.1. The van der Waals surface area contributed by atoms with E-state index in [1.165, 1.54) is 24.8 Å². The van der Waals surface area contributed by atoms with Gasteiger partial charge in [-0.3, -0.25) is 14.9 Å². The number of hydrogen-bond donors (Lipinski definition) is 1. The minimum atomic E-state index is 0.0833. The third kappa shape index (κ3) is 7.35. The first-order chi connectivity index (χ1) is 22.7. The Bertz CT molecular complexity index is 1760. The molecule has 4 aromatic rings. The normalized spacial score (nSPS) is 19.1. The molecule has 7 heteroatoms. The molecule has 6 rings (SSSR count). The number of rotatable bonds is 10. The molecule has 0 radical (unpaired) electrons. The van der Waals surface area contributed by atoms with Crippen molar-refractivity contribution in [1.29, 1.82) is 0 Å². The molecule has 1 saturated carbocycles. The summed E-state index contributed by atoms with van der Waals surface area (Å²) in [5.41, 5.74) is 12.3. The Balaban J connectivity index is 1.23. The van der Waals surface area contributed by atoms with Crippen LogP contribution in [0.2, 0.25) is 5.02 Å². The molecule has 0 spiro atoms. The van der Waals surface area contributed by atoms with Crippen LogP contribution in [0.1, 0.15) is 87.6 Å². The second kappa shape index (κ2) is 14.3. The maximum absolute atomic E-state index is 7.20. The Morgan fingerprint density at radius 1 is 0.894 bits per heavy atom. The average Bonchev–Trinajstić information content (AvgIpc) is 3.43. The first kappa shape index (κ1) is 33.5. The van der Waals surface area contributed by atoms with Gasteiger partial charge >= 0.3 is 0 Å². The average molecular weight is 649 g/mol. The van der Waals surface area contributed by atoms with Gasteiger partial charge in [-0.05, 0) is 89.4 Å². The lowest BCUT2D eigenvalue weighted by molar-refractivity contribution is 0.173. The number of halogens is 1. The maximum atomic E-state index is 7.20. The molecule has 2 aromatic carbocycles. The second-order valence-corrected chi connectivity index (χ2v) is 14.3. The summed E-state index contributed by atoms with van der Waals surface area (Å²) in [7, 11) is 0. The molecule has 2 fully saturated rings. The molecular weight excluding hydrogens is 600 g/mol. The molecule has 0 bridgehead atoms. The lowest BCUT2D eigenvalue weighted by atomic mass is 9.93. The van der Waals surface area contributed by atoms with Crippen molar-refractivity contribution in [2.24, 2.45) is 5.92 Å². The van der Waals surface area contributed by atoms with Crippen LogP contribution in [-0.2, 0) is 19.5 Å². The summed E-state index contributed by atoms with van der Waals surface area (Å²) >= 11 is 7.20. The van der Waals surface area contributed by atoms with Crippen LogP contribution in [-0.4, -0.2) is 43.5 Å². The van der Waals surface area contributed by atoms with Crippen molar-refractivity contribution in [2.45, 2.75) is 98.2 Å².